The number of carbonyl (C=O) groups excluding carboxylic acids is 1. The van der Waals surface area contributed by atoms with Crippen LogP contribution in [-0.2, 0) is 0 Å². The second-order valence-electron chi connectivity index (χ2n) is 3.43. The van der Waals surface area contributed by atoms with Crippen molar-refractivity contribution in [3.8, 4) is 0 Å². The lowest BCUT2D eigenvalue weighted by atomic mass is 10.3. The van der Waals surface area contributed by atoms with Crippen LogP contribution < -0.4 is 5.32 Å². The average molecular weight is 248 g/mol. The molecule has 0 radical (unpaired) electrons. The highest BCUT2D eigenvalue weighted by Crippen LogP contribution is 2.19. The molecule has 0 aliphatic carbocycles. The molecular formula is C11H12N4OS. The minimum atomic E-state index is -0.312. The van der Waals surface area contributed by atoms with E-state index in [-0.39, 0.29) is 11.7 Å². The van der Waals surface area contributed by atoms with Crippen molar-refractivity contribution in [2.45, 2.75) is 11.8 Å². The molecule has 1 aromatic heterocycles. The molecule has 1 heterocycles. The number of amides is 1. The number of thioether (sulfide) groups is 1. The molecule has 0 unspecified atom stereocenters. The Balaban J connectivity index is 2.12. The van der Waals surface area contributed by atoms with Crippen LogP contribution in [0.1, 0.15) is 16.4 Å². The van der Waals surface area contributed by atoms with Crippen LogP contribution >= 0.6 is 11.8 Å². The number of aromatic nitrogens is 3. The van der Waals surface area contributed by atoms with Crippen LogP contribution in [0.4, 0.5) is 5.69 Å². The van der Waals surface area contributed by atoms with Crippen molar-refractivity contribution in [3.63, 3.8) is 0 Å². The van der Waals surface area contributed by atoms with E-state index in [1.165, 1.54) is 0 Å². The number of rotatable bonds is 3. The second-order valence-corrected chi connectivity index (χ2v) is 4.31. The fourth-order valence-electron chi connectivity index (χ4n) is 1.33. The summed E-state index contributed by atoms with van der Waals surface area (Å²) in [4.78, 5) is 16.8. The molecule has 0 saturated carbocycles. The maximum Gasteiger partial charge on any atom is 0.295 e. The minimum absolute atomic E-state index is 0.150. The largest absolute Gasteiger partial charge is 0.319 e. The number of nitrogens with one attached hydrogen (secondary N) is 2. The number of hydrogen-bond donors (Lipinski definition) is 2. The highest BCUT2D eigenvalue weighted by atomic mass is 32.2. The molecule has 0 bridgehead atoms. The molecule has 0 aliphatic heterocycles. The van der Waals surface area contributed by atoms with Gasteiger partial charge >= 0.3 is 0 Å². The number of nitrogens with zero attached hydrogens (tertiary/aromatic N) is 2. The van der Waals surface area contributed by atoms with Gasteiger partial charge in [-0.15, -0.1) is 16.9 Å². The Labute approximate surface area is 103 Å². The van der Waals surface area contributed by atoms with E-state index in [9.17, 15) is 4.79 Å². The average Bonchev–Trinajstić information content (AvgIpc) is 2.76. The molecule has 6 heteroatoms. The van der Waals surface area contributed by atoms with Gasteiger partial charge in [0.05, 0.1) is 0 Å². The smallest absolute Gasteiger partial charge is 0.295 e. The maximum atomic E-state index is 11.8. The second kappa shape index (κ2) is 5.01. The Morgan fingerprint density at radius 1 is 1.47 bits per heavy atom. The summed E-state index contributed by atoms with van der Waals surface area (Å²) in [6.45, 7) is 1.75. The molecule has 0 atom stereocenters. The Hall–Kier alpha value is -1.82. The highest BCUT2D eigenvalue weighted by Gasteiger charge is 2.11. The van der Waals surface area contributed by atoms with Crippen LogP contribution in [0.5, 0.6) is 0 Å². The van der Waals surface area contributed by atoms with Gasteiger partial charge in [-0.1, -0.05) is 6.07 Å². The van der Waals surface area contributed by atoms with Crippen molar-refractivity contribution in [2.75, 3.05) is 11.6 Å². The first-order chi connectivity index (χ1) is 8.19. The van der Waals surface area contributed by atoms with Crippen LogP contribution in [-0.4, -0.2) is 27.3 Å². The summed E-state index contributed by atoms with van der Waals surface area (Å²) in [5, 5.41) is 9.18. The number of carbonyl (C=O) groups is 1. The predicted octanol–water partition coefficient (Wildman–Crippen LogP) is 2.09. The van der Waals surface area contributed by atoms with Crippen LogP contribution in [0.3, 0.4) is 0 Å². The molecule has 17 heavy (non-hydrogen) atoms. The number of hydrogen-bond acceptors (Lipinski definition) is 4. The normalized spacial score (nSPS) is 10.2. The molecule has 88 valence electrons. The summed E-state index contributed by atoms with van der Waals surface area (Å²) in [6, 6.07) is 7.61. The van der Waals surface area contributed by atoms with Crippen molar-refractivity contribution in [1.82, 2.24) is 15.2 Å². The van der Waals surface area contributed by atoms with Crippen molar-refractivity contribution >= 4 is 23.4 Å². The first kappa shape index (κ1) is 11.7. The lowest BCUT2D eigenvalue weighted by Gasteiger charge is -2.03. The molecule has 1 aromatic carbocycles. The van der Waals surface area contributed by atoms with Gasteiger partial charge in [-0.3, -0.25) is 9.89 Å². The van der Waals surface area contributed by atoms with Gasteiger partial charge in [0, 0.05) is 10.6 Å². The first-order valence-electron chi connectivity index (χ1n) is 5.03. The summed E-state index contributed by atoms with van der Waals surface area (Å²) in [5.74, 6) is 0.456. The molecule has 2 aromatic rings. The molecule has 0 saturated heterocycles. The molecule has 2 N–H and O–H groups in total. The maximum absolute atomic E-state index is 11.8. The van der Waals surface area contributed by atoms with Gasteiger partial charge in [0.2, 0.25) is 5.82 Å². The van der Waals surface area contributed by atoms with Gasteiger partial charge in [0.25, 0.3) is 5.91 Å². The van der Waals surface area contributed by atoms with Crippen molar-refractivity contribution < 1.29 is 4.79 Å². The molecular weight excluding hydrogens is 236 g/mol. The zero-order valence-corrected chi connectivity index (χ0v) is 10.3. The van der Waals surface area contributed by atoms with Gasteiger partial charge < -0.3 is 5.32 Å². The minimum Gasteiger partial charge on any atom is -0.319 e. The van der Waals surface area contributed by atoms with E-state index < -0.39 is 0 Å². The quantitative estimate of drug-likeness (QED) is 0.816. The van der Waals surface area contributed by atoms with E-state index >= 15 is 0 Å². The Bertz CT molecular complexity index is 538. The lowest BCUT2D eigenvalue weighted by molar-refractivity contribution is 0.101. The molecule has 0 spiro atoms. The topological polar surface area (TPSA) is 70.7 Å². The highest BCUT2D eigenvalue weighted by molar-refractivity contribution is 7.98. The van der Waals surface area contributed by atoms with E-state index in [4.69, 9.17) is 0 Å². The van der Waals surface area contributed by atoms with Crippen LogP contribution in [0, 0.1) is 6.92 Å². The number of benzene rings is 1. The van der Waals surface area contributed by atoms with Gasteiger partial charge in [-0.05, 0) is 31.4 Å². The zero-order chi connectivity index (χ0) is 12.3. The Morgan fingerprint density at radius 2 is 2.29 bits per heavy atom. The monoisotopic (exact) mass is 248 g/mol. The van der Waals surface area contributed by atoms with Gasteiger partial charge in [-0.2, -0.15) is 0 Å². The van der Waals surface area contributed by atoms with Gasteiger partial charge in [-0.25, -0.2) is 4.98 Å². The van der Waals surface area contributed by atoms with E-state index in [2.05, 4.69) is 20.5 Å². The Morgan fingerprint density at radius 3 is 2.94 bits per heavy atom. The van der Waals surface area contributed by atoms with Gasteiger partial charge in [0.1, 0.15) is 5.82 Å². The number of aromatic amines is 1. The molecule has 1 amide bonds. The third-order valence-electron chi connectivity index (χ3n) is 2.13. The van der Waals surface area contributed by atoms with Crippen LogP contribution in [0.25, 0.3) is 0 Å². The fraction of sp³-hybridized carbons (Fsp3) is 0.182. The summed E-state index contributed by atoms with van der Waals surface area (Å²) in [5.41, 5.74) is 0.740. The standard InChI is InChI=1S/C11H12N4OS/c1-7-12-10(15-14-7)11(16)13-8-4-3-5-9(6-8)17-2/h3-6H,1-2H3,(H,13,16)(H,12,14,15). The third-order valence-corrected chi connectivity index (χ3v) is 2.85. The number of H-pyrrole nitrogens is 1. The summed E-state index contributed by atoms with van der Waals surface area (Å²) < 4.78 is 0. The fourth-order valence-corrected chi connectivity index (χ4v) is 1.79. The summed E-state index contributed by atoms with van der Waals surface area (Å²) in [6.07, 6.45) is 1.99. The van der Waals surface area contributed by atoms with Gasteiger partial charge in [0.15, 0.2) is 0 Å². The van der Waals surface area contributed by atoms with Crippen LogP contribution in [0.2, 0.25) is 0 Å². The molecule has 0 aliphatic rings. The molecule has 0 fully saturated rings. The van der Waals surface area contributed by atoms with Crippen LogP contribution in [0.15, 0.2) is 29.2 Å². The molecule has 5 nitrogen and oxygen atoms in total. The van der Waals surface area contributed by atoms with E-state index in [1.54, 1.807) is 18.7 Å². The number of aryl methyl sites for hydroxylation is 1. The van der Waals surface area contributed by atoms with E-state index in [0.29, 0.717) is 5.82 Å². The summed E-state index contributed by atoms with van der Waals surface area (Å²) in [7, 11) is 0. The van der Waals surface area contributed by atoms with Crippen molar-refractivity contribution in [2.24, 2.45) is 0 Å². The summed E-state index contributed by atoms with van der Waals surface area (Å²) >= 11 is 1.62. The number of anilines is 1. The zero-order valence-electron chi connectivity index (χ0n) is 9.52. The lowest BCUT2D eigenvalue weighted by Crippen LogP contribution is -2.13. The van der Waals surface area contributed by atoms with E-state index in [1.807, 2.05) is 30.5 Å². The Kier molecular flexibility index (Phi) is 3.43. The third kappa shape index (κ3) is 2.85. The first-order valence-corrected chi connectivity index (χ1v) is 6.26. The predicted molar refractivity (Wildman–Crippen MR) is 67.3 cm³/mol. The van der Waals surface area contributed by atoms with Crippen molar-refractivity contribution in [1.29, 1.82) is 0 Å². The van der Waals surface area contributed by atoms with Crippen molar-refractivity contribution in [3.05, 3.63) is 35.9 Å². The SMILES string of the molecule is CSc1cccc(NC(=O)c2n[nH]c(C)n2)c1. The van der Waals surface area contributed by atoms with E-state index in [0.717, 1.165) is 10.6 Å². The molecule has 2 rings (SSSR count).